The number of sulfonamides is 1. The van der Waals surface area contributed by atoms with Gasteiger partial charge in [-0.1, -0.05) is 6.07 Å². The van der Waals surface area contributed by atoms with E-state index in [0.29, 0.717) is 11.4 Å². The number of aryl methyl sites for hydroxylation is 1. The minimum atomic E-state index is -3.49. The summed E-state index contributed by atoms with van der Waals surface area (Å²) in [5.74, 6) is 0.935. The first-order valence-corrected chi connectivity index (χ1v) is 9.51. The van der Waals surface area contributed by atoms with Gasteiger partial charge in [0.15, 0.2) is 0 Å². The van der Waals surface area contributed by atoms with Gasteiger partial charge < -0.3 is 5.73 Å². The Kier molecular flexibility index (Phi) is 6.51. The van der Waals surface area contributed by atoms with Crippen molar-refractivity contribution in [2.24, 2.45) is 5.73 Å². The average molecular weight is 316 g/mol. The standard InChI is InChI=1S/C14H24N2O2S2/c1-10-7-13(9-15)8-14(12(10)3)20(17,18)16-11(2)5-6-19-4/h7-8,11,16H,5-6,9,15H2,1-4H3. The van der Waals surface area contributed by atoms with E-state index in [1.54, 1.807) is 17.8 Å². The van der Waals surface area contributed by atoms with E-state index in [9.17, 15) is 8.42 Å². The first-order chi connectivity index (χ1) is 9.31. The Labute approximate surface area is 126 Å². The van der Waals surface area contributed by atoms with Gasteiger partial charge in [0, 0.05) is 12.6 Å². The van der Waals surface area contributed by atoms with Crippen molar-refractivity contribution in [3.8, 4) is 0 Å². The van der Waals surface area contributed by atoms with Crippen molar-refractivity contribution in [3.05, 3.63) is 28.8 Å². The highest BCUT2D eigenvalue weighted by atomic mass is 32.2. The molecule has 20 heavy (non-hydrogen) atoms. The summed E-state index contributed by atoms with van der Waals surface area (Å²) in [7, 11) is -3.49. The average Bonchev–Trinajstić information content (AvgIpc) is 2.38. The van der Waals surface area contributed by atoms with E-state index in [2.05, 4.69) is 4.72 Å². The highest BCUT2D eigenvalue weighted by Gasteiger charge is 2.20. The summed E-state index contributed by atoms with van der Waals surface area (Å²) < 4.78 is 27.7. The molecular weight excluding hydrogens is 292 g/mol. The summed E-state index contributed by atoms with van der Waals surface area (Å²) >= 11 is 1.71. The van der Waals surface area contributed by atoms with Crippen molar-refractivity contribution in [3.63, 3.8) is 0 Å². The molecule has 4 nitrogen and oxygen atoms in total. The van der Waals surface area contributed by atoms with Gasteiger partial charge in [0.2, 0.25) is 10.0 Å². The molecular formula is C14H24N2O2S2. The molecule has 0 aliphatic heterocycles. The fourth-order valence-electron chi connectivity index (χ4n) is 1.98. The molecule has 1 unspecified atom stereocenters. The molecule has 1 atom stereocenters. The Morgan fingerprint density at radius 2 is 2.00 bits per heavy atom. The van der Waals surface area contributed by atoms with Crippen LogP contribution in [-0.4, -0.2) is 26.5 Å². The van der Waals surface area contributed by atoms with Gasteiger partial charge in [-0.25, -0.2) is 13.1 Å². The number of thioether (sulfide) groups is 1. The van der Waals surface area contributed by atoms with Crippen LogP contribution in [0.1, 0.15) is 30.0 Å². The Hall–Kier alpha value is -0.560. The smallest absolute Gasteiger partial charge is 0.241 e. The molecule has 3 N–H and O–H groups in total. The maximum Gasteiger partial charge on any atom is 0.241 e. The van der Waals surface area contributed by atoms with E-state index >= 15 is 0 Å². The van der Waals surface area contributed by atoms with Crippen molar-refractivity contribution >= 4 is 21.8 Å². The van der Waals surface area contributed by atoms with Crippen LogP contribution in [-0.2, 0) is 16.6 Å². The summed E-state index contributed by atoms with van der Waals surface area (Å²) in [6, 6.07) is 3.53. The number of hydrogen-bond acceptors (Lipinski definition) is 4. The van der Waals surface area contributed by atoms with Crippen molar-refractivity contribution in [2.75, 3.05) is 12.0 Å². The molecule has 114 valence electrons. The van der Waals surface area contributed by atoms with Crippen LogP contribution in [0, 0.1) is 13.8 Å². The lowest BCUT2D eigenvalue weighted by atomic mass is 10.1. The Morgan fingerprint density at radius 3 is 2.55 bits per heavy atom. The van der Waals surface area contributed by atoms with Crippen LogP contribution in [0.15, 0.2) is 17.0 Å². The van der Waals surface area contributed by atoms with Crippen molar-refractivity contribution < 1.29 is 8.42 Å². The van der Waals surface area contributed by atoms with E-state index in [4.69, 9.17) is 5.73 Å². The lowest BCUT2D eigenvalue weighted by Crippen LogP contribution is -2.33. The van der Waals surface area contributed by atoms with E-state index in [-0.39, 0.29) is 6.04 Å². The fraction of sp³-hybridized carbons (Fsp3) is 0.571. The van der Waals surface area contributed by atoms with Crippen LogP contribution in [0.5, 0.6) is 0 Å². The summed E-state index contributed by atoms with van der Waals surface area (Å²) in [5.41, 5.74) is 8.20. The third-order valence-corrected chi connectivity index (χ3v) is 5.68. The summed E-state index contributed by atoms with van der Waals surface area (Å²) in [4.78, 5) is 0.342. The number of benzene rings is 1. The van der Waals surface area contributed by atoms with Crippen LogP contribution in [0.25, 0.3) is 0 Å². The summed E-state index contributed by atoms with van der Waals surface area (Å²) in [5, 5.41) is 0. The molecule has 0 amide bonds. The van der Waals surface area contributed by atoms with Crippen LogP contribution in [0.3, 0.4) is 0 Å². The summed E-state index contributed by atoms with van der Waals surface area (Å²) in [6.45, 7) is 5.97. The molecule has 6 heteroatoms. The molecule has 0 radical (unpaired) electrons. The first kappa shape index (κ1) is 17.5. The quantitative estimate of drug-likeness (QED) is 0.809. The predicted octanol–water partition coefficient (Wildman–Crippen LogP) is 2.18. The number of nitrogens with two attached hydrogens (primary N) is 1. The van der Waals surface area contributed by atoms with E-state index in [0.717, 1.165) is 28.9 Å². The van der Waals surface area contributed by atoms with Gasteiger partial charge in [-0.05, 0) is 62.0 Å². The van der Waals surface area contributed by atoms with Gasteiger partial charge in [-0.15, -0.1) is 0 Å². The molecule has 0 heterocycles. The normalized spacial score (nSPS) is 13.4. The number of nitrogens with one attached hydrogen (secondary N) is 1. The Bertz CT molecular complexity index is 557. The zero-order valence-corrected chi connectivity index (χ0v) is 14.2. The molecule has 1 rings (SSSR count). The number of rotatable bonds is 7. The van der Waals surface area contributed by atoms with Crippen LogP contribution in [0.4, 0.5) is 0 Å². The van der Waals surface area contributed by atoms with Crippen LogP contribution >= 0.6 is 11.8 Å². The van der Waals surface area contributed by atoms with Crippen LogP contribution < -0.4 is 10.5 Å². The highest BCUT2D eigenvalue weighted by Crippen LogP contribution is 2.21. The van der Waals surface area contributed by atoms with Gasteiger partial charge in [0.1, 0.15) is 0 Å². The second kappa shape index (κ2) is 7.45. The zero-order chi connectivity index (χ0) is 15.3. The van der Waals surface area contributed by atoms with Crippen molar-refractivity contribution in [2.45, 2.75) is 44.7 Å². The zero-order valence-electron chi connectivity index (χ0n) is 12.6. The minimum Gasteiger partial charge on any atom is -0.326 e. The maximum absolute atomic E-state index is 12.5. The molecule has 0 aliphatic rings. The van der Waals surface area contributed by atoms with Crippen molar-refractivity contribution in [1.82, 2.24) is 4.72 Å². The monoisotopic (exact) mass is 316 g/mol. The largest absolute Gasteiger partial charge is 0.326 e. The molecule has 0 saturated carbocycles. The fourth-order valence-corrected chi connectivity index (χ4v) is 4.21. The number of hydrogen-bond donors (Lipinski definition) is 2. The second-order valence-corrected chi connectivity index (χ2v) is 7.71. The third kappa shape index (κ3) is 4.48. The molecule has 0 fully saturated rings. The molecule has 0 spiro atoms. The van der Waals surface area contributed by atoms with Gasteiger partial charge in [-0.2, -0.15) is 11.8 Å². The minimum absolute atomic E-state index is 0.0753. The molecule has 0 aliphatic carbocycles. The lowest BCUT2D eigenvalue weighted by Gasteiger charge is -2.17. The highest BCUT2D eigenvalue weighted by molar-refractivity contribution is 7.98. The second-order valence-electron chi connectivity index (χ2n) is 5.04. The topological polar surface area (TPSA) is 72.2 Å². The van der Waals surface area contributed by atoms with Gasteiger partial charge >= 0.3 is 0 Å². The maximum atomic E-state index is 12.5. The van der Waals surface area contributed by atoms with E-state index in [1.165, 1.54) is 0 Å². The van der Waals surface area contributed by atoms with E-state index < -0.39 is 10.0 Å². The van der Waals surface area contributed by atoms with Gasteiger partial charge in [0.25, 0.3) is 0 Å². The van der Waals surface area contributed by atoms with Gasteiger partial charge in [0.05, 0.1) is 4.90 Å². The lowest BCUT2D eigenvalue weighted by molar-refractivity contribution is 0.556. The summed E-state index contributed by atoms with van der Waals surface area (Å²) in [6.07, 6.45) is 2.83. The Morgan fingerprint density at radius 1 is 1.35 bits per heavy atom. The molecule has 0 saturated heterocycles. The predicted molar refractivity (Wildman–Crippen MR) is 86.6 cm³/mol. The molecule has 0 bridgehead atoms. The molecule has 0 aromatic heterocycles. The first-order valence-electron chi connectivity index (χ1n) is 6.63. The molecule has 1 aromatic carbocycles. The van der Waals surface area contributed by atoms with Crippen LogP contribution in [0.2, 0.25) is 0 Å². The Balaban J connectivity index is 3.06. The SMILES string of the molecule is CSCCC(C)NS(=O)(=O)c1cc(CN)cc(C)c1C. The van der Waals surface area contributed by atoms with Gasteiger partial charge in [-0.3, -0.25) is 0 Å². The third-order valence-electron chi connectivity index (χ3n) is 3.32. The molecule has 1 aromatic rings. The van der Waals surface area contributed by atoms with E-state index in [1.807, 2.05) is 33.1 Å². The van der Waals surface area contributed by atoms with Crippen molar-refractivity contribution in [1.29, 1.82) is 0 Å².